The van der Waals surface area contributed by atoms with Gasteiger partial charge in [-0.3, -0.25) is 14.4 Å². The summed E-state index contributed by atoms with van der Waals surface area (Å²) >= 11 is 0. The number of nitrogens with one attached hydrogen (secondary N) is 1. The van der Waals surface area contributed by atoms with E-state index in [0.717, 1.165) is 0 Å². The van der Waals surface area contributed by atoms with Gasteiger partial charge in [-0.2, -0.15) is 5.48 Å². The summed E-state index contributed by atoms with van der Waals surface area (Å²) in [4.78, 5) is 39.4. The van der Waals surface area contributed by atoms with Crippen LogP contribution in [0.3, 0.4) is 0 Å². The van der Waals surface area contributed by atoms with E-state index in [4.69, 9.17) is 19.4 Å². The molecule has 4 atom stereocenters. The molecular formula is C16H21NO8. The van der Waals surface area contributed by atoms with Crippen LogP contribution in [0, 0.1) is 11.3 Å². The highest BCUT2D eigenvalue weighted by atomic mass is 16.8. The Hall–Kier alpha value is -2.23. The lowest BCUT2D eigenvalue weighted by molar-refractivity contribution is -0.208. The molecule has 1 heterocycles. The van der Waals surface area contributed by atoms with Crippen LogP contribution in [-0.2, 0) is 28.7 Å². The lowest BCUT2D eigenvalue weighted by Crippen LogP contribution is -2.48. The van der Waals surface area contributed by atoms with Crippen molar-refractivity contribution in [1.82, 2.24) is 5.48 Å². The van der Waals surface area contributed by atoms with E-state index in [-0.39, 0.29) is 19.4 Å². The fraction of sp³-hybridized carbons (Fsp3) is 0.562. The zero-order valence-corrected chi connectivity index (χ0v) is 13.7. The zero-order chi connectivity index (χ0) is 18.4. The number of aliphatic hydroxyl groups excluding tert-OH is 1. The predicted molar refractivity (Wildman–Crippen MR) is 82.7 cm³/mol. The Kier molecular flexibility index (Phi) is 6.29. The van der Waals surface area contributed by atoms with E-state index in [1.165, 1.54) is 13.4 Å². The van der Waals surface area contributed by atoms with Gasteiger partial charge in [-0.25, -0.2) is 0 Å². The van der Waals surface area contributed by atoms with E-state index in [9.17, 15) is 19.5 Å². The molecule has 0 spiro atoms. The Morgan fingerprint density at radius 3 is 2.92 bits per heavy atom. The number of fused-ring (bicyclic) bond motifs is 1. The van der Waals surface area contributed by atoms with Crippen molar-refractivity contribution in [3.63, 3.8) is 0 Å². The number of methoxy groups -OCH3 is 1. The minimum absolute atomic E-state index is 0.0386. The summed E-state index contributed by atoms with van der Waals surface area (Å²) in [6.07, 6.45) is 4.34. The van der Waals surface area contributed by atoms with Crippen molar-refractivity contribution in [3.05, 3.63) is 24.0 Å². The SMILES string of the molecule is COC(=O)C12C=COC(ON[C@@H](C=O)CCC(=O)O)C1C(CO)=CC2. The number of hydrogen-bond acceptors (Lipinski definition) is 8. The van der Waals surface area contributed by atoms with E-state index in [1.807, 2.05) is 0 Å². The molecule has 0 amide bonds. The number of hydroxylamine groups is 1. The van der Waals surface area contributed by atoms with Gasteiger partial charge in [-0.05, 0) is 24.5 Å². The van der Waals surface area contributed by atoms with Crippen LogP contribution < -0.4 is 5.48 Å². The largest absolute Gasteiger partial charge is 0.481 e. The van der Waals surface area contributed by atoms with E-state index in [1.54, 1.807) is 12.2 Å². The van der Waals surface area contributed by atoms with Gasteiger partial charge in [0.05, 0.1) is 31.9 Å². The normalized spacial score (nSPS) is 28.5. The number of aliphatic hydroxyl groups is 1. The predicted octanol–water partition coefficient (Wildman–Crippen LogP) is -0.0921. The molecule has 1 aliphatic heterocycles. The minimum atomic E-state index is -1.05. The first-order valence-corrected chi connectivity index (χ1v) is 7.78. The summed E-state index contributed by atoms with van der Waals surface area (Å²) in [5, 5.41) is 18.2. The average Bonchev–Trinajstić information content (AvgIpc) is 3.01. The first kappa shape index (κ1) is 19.1. The van der Waals surface area contributed by atoms with Crippen LogP contribution >= 0.6 is 0 Å². The molecule has 0 saturated heterocycles. The molecule has 3 N–H and O–H groups in total. The van der Waals surface area contributed by atoms with Crippen molar-refractivity contribution in [3.8, 4) is 0 Å². The monoisotopic (exact) mass is 355 g/mol. The number of carboxylic acids is 1. The fourth-order valence-corrected chi connectivity index (χ4v) is 3.11. The summed E-state index contributed by atoms with van der Waals surface area (Å²) in [6.45, 7) is -0.281. The minimum Gasteiger partial charge on any atom is -0.481 e. The van der Waals surface area contributed by atoms with Gasteiger partial charge in [0.15, 0.2) is 0 Å². The van der Waals surface area contributed by atoms with Crippen molar-refractivity contribution in [2.24, 2.45) is 11.3 Å². The van der Waals surface area contributed by atoms with Crippen LogP contribution in [0.15, 0.2) is 24.0 Å². The molecule has 1 aliphatic carbocycles. The lowest BCUT2D eigenvalue weighted by Gasteiger charge is -2.39. The van der Waals surface area contributed by atoms with Crippen molar-refractivity contribution in [2.45, 2.75) is 31.6 Å². The molecule has 9 nitrogen and oxygen atoms in total. The van der Waals surface area contributed by atoms with E-state index >= 15 is 0 Å². The molecule has 138 valence electrons. The molecule has 0 aromatic carbocycles. The van der Waals surface area contributed by atoms with Crippen molar-refractivity contribution in [1.29, 1.82) is 0 Å². The number of ether oxygens (including phenoxy) is 2. The van der Waals surface area contributed by atoms with Gasteiger partial charge in [-0.1, -0.05) is 6.08 Å². The summed E-state index contributed by atoms with van der Waals surface area (Å²) in [5.74, 6) is -2.14. The zero-order valence-electron chi connectivity index (χ0n) is 13.7. The molecule has 0 aromatic rings. The van der Waals surface area contributed by atoms with E-state index in [2.05, 4.69) is 5.48 Å². The Balaban J connectivity index is 2.11. The number of hydrogen-bond donors (Lipinski definition) is 3. The Bertz CT molecular complexity index is 587. The Morgan fingerprint density at radius 2 is 2.32 bits per heavy atom. The van der Waals surface area contributed by atoms with Crippen LogP contribution in [-0.4, -0.2) is 54.5 Å². The highest BCUT2D eigenvalue weighted by molar-refractivity contribution is 5.81. The maximum Gasteiger partial charge on any atom is 0.316 e. The highest BCUT2D eigenvalue weighted by Gasteiger charge is 2.55. The molecule has 0 aromatic heterocycles. The molecule has 0 radical (unpaired) electrons. The number of carboxylic acid groups (broad SMARTS) is 1. The molecule has 0 saturated carbocycles. The molecule has 2 rings (SSSR count). The Morgan fingerprint density at radius 1 is 1.56 bits per heavy atom. The number of esters is 1. The van der Waals surface area contributed by atoms with Gasteiger partial charge in [0.1, 0.15) is 11.7 Å². The molecule has 9 heteroatoms. The van der Waals surface area contributed by atoms with Gasteiger partial charge < -0.3 is 24.5 Å². The number of aliphatic carboxylic acids is 1. The summed E-state index contributed by atoms with van der Waals surface area (Å²) in [7, 11) is 1.27. The van der Waals surface area contributed by atoms with Gasteiger partial charge in [0.25, 0.3) is 0 Å². The third-order valence-electron chi connectivity index (χ3n) is 4.42. The maximum absolute atomic E-state index is 12.3. The van der Waals surface area contributed by atoms with Crippen LogP contribution in [0.25, 0.3) is 0 Å². The first-order chi connectivity index (χ1) is 12.0. The second-order valence-corrected chi connectivity index (χ2v) is 5.87. The number of aldehydes is 1. The third kappa shape index (κ3) is 3.89. The van der Waals surface area contributed by atoms with Crippen molar-refractivity contribution >= 4 is 18.2 Å². The second kappa shape index (κ2) is 8.24. The first-order valence-electron chi connectivity index (χ1n) is 7.78. The van der Waals surface area contributed by atoms with Gasteiger partial charge in [0.2, 0.25) is 6.29 Å². The van der Waals surface area contributed by atoms with Crippen LogP contribution in [0.5, 0.6) is 0 Å². The highest BCUT2D eigenvalue weighted by Crippen LogP contribution is 2.49. The number of allylic oxidation sites excluding steroid dienone is 1. The van der Waals surface area contributed by atoms with Gasteiger partial charge >= 0.3 is 11.9 Å². The quantitative estimate of drug-likeness (QED) is 0.225. The van der Waals surface area contributed by atoms with Crippen LogP contribution in [0.4, 0.5) is 0 Å². The molecule has 25 heavy (non-hydrogen) atoms. The number of carbonyl (C=O) groups excluding carboxylic acids is 2. The molecule has 0 fully saturated rings. The topological polar surface area (TPSA) is 131 Å². The molecule has 3 unspecified atom stereocenters. The lowest BCUT2D eigenvalue weighted by atomic mass is 9.73. The van der Waals surface area contributed by atoms with Gasteiger partial charge in [0, 0.05) is 6.42 Å². The van der Waals surface area contributed by atoms with Gasteiger partial charge in [-0.15, -0.1) is 0 Å². The average molecular weight is 355 g/mol. The summed E-state index contributed by atoms with van der Waals surface area (Å²) in [5.41, 5.74) is 1.99. The summed E-state index contributed by atoms with van der Waals surface area (Å²) < 4.78 is 10.3. The maximum atomic E-state index is 12.3. The standard InChI is InChI=1S/C16H21NO8/c1-23-15(22)16-5-4-10(8-18)13(16)14(24-7-6-16)25-17-11(9-19)2-3-12(20)21/h4,6-7,9,11,13-14,17-18H,2-3,5,8H2,1H3,(H,20,21)/t11-,13?,14?,16?/m1/s1. The fourth-order valence-electron chi connectivity index (χ4n) is 3.11. The molecule has 0 bridgehead atoms. The number of rotatable bonds is 9. The van der Waals surface area contributed by atoms with Crippen molar-refractivity contribution in [2.75, 3.05) is 13.7 Å². The van der Waals surface area contributed by atoms with Crippen LogP contribution in [0.2, 0.25) is 0 Å². The number of carbonyl (C=O) groups is 3. The van der Waals surface area contributed by atoms with E-state index < -0.39 is 35.6 Å². The van der Waals surface area contributed by atoms with Crippen LogP contribution in [0.1, 0.15) is 19.3 Å². The molecule has 2 aliphatic rings. The smallest absolute Gasteiger partial charge is 0.316 e. The molecular weight excluding hydrogens is 334 g/mol. The third-order valence-corrected chi connectivity index (χ3v) is 4.42. The summed E-state index contributed by atoms with van der Waals surface area (Å²) in [6, 6.07) is -0.846. The second-order valence-electron chi connectivity index (χ2n) is 5.87. The van der Waals surface area contributed by atoms with Crippen molar-refractivity contribution < 1.29 is 38.9 Å². The Labute approximate surface area is 144 Å². The van der Waals surface area contributed by atoms with E-state index in [0.29, 0.717) is 18.3 Å².